The van der Waals surface area contributed by atoms with Gasteiger partial charge in [-0.15, -0.1) is 0 Å². The van der Waals surface area contributed by atoms with Crippen molar-refractivity contribution in [2.24, 2.45) is 0 Å². The molecule has 0 saturated heterocycles. The third-order valence-corrected chi connectivity index (χ3v) is 3.50. The molecule has 0 radical (unpaired) electrons. The molecule has 0 amide bonds. The number of aromatic nitrogens is 2. The van der Waals surface area contributed by atoms with Crippen molar-refractivity contribution in [3.05, 3.63) is 62.1 Å². The van der Waals surface area contributed by atoms with Crippen LogP contribution in [-0.2, 0) is 6.42 Å². The van der Waals surface area contributed by atoms with Crippen molar-refractivity contribution in [1.29, 1.82) is 0 Å². The molecule has 0 aliphatic carbocycles. The minimum absolute atomic E-state index is 0.0494. The van der Waals surface area contributed by atoms with Gasteiger partial charge in [0.05, 0.1) is 4.92 Å². The number of rotatable bonds is 3. The van der Waals surface area contributed by atoms with E-state index in [1.54, 1.807) is 12.1 Å². The van der Waals surface area contributed by atoms with Crippen LogP contribution in [0.5, 0.6) is 0 Å². The Morgan fingerprint density at radius 2 is 1.90 bits per heavy atom. The third-order valence-electron chi connectivity index (χ3n) is 2.98. The number of nitro benzene ring substituents is 1. The summed E-state index contributed by atoms with van der Waals surface area (Å²) in [5, 5.41) is 18.5. The molecule has 0 bridgehead atoms. The lowest BCUT2D eigenvalue weighted by molar-refractivity contribution is -0.383. The van der Waals surface area contributed by atoms with Crippen molar-refractivity contribution < 1.29 is 9.55 Å². The van der Waals surface area contributed by atoms with Gasteiger partial charge >= 0.3 is 5.69 Å². The molecule has 0 fully saturated rings. The summed E-state index contributed by atoms with van der Waals surface area (Å²) >= 11 is 3.36. The zero-order valence-electron chi connectivity index (χ0n) is 10.1. The summed E-state index contributed by atoms with van der Waals surface area (Å²) in [5.74, 6) is 0. The van der Waals surface area contributed by atoms with Crippen LogP contribution in [0.25, 0.3) is 11.0 Å². The Kier molecular flexibility index (Phi) is 3.19. The maximum absolute atomic E-state index is 11.3. The minimum atomic E-state index is -0.444. The van der Waals surface area contributed by atoms with Crippen LogP contribution in [0.1, 0.15) is 11.1 Å². The zero-order chi connectivity index (χ0) is 14.1. The van der Waals surface area contributed by atoms with Gasteiger partial charge in [0.25, 0.3) is 0 Å². The number of hydrogen-bond acceptors (Lipinski definition) is 5. The SMILES string of the molecule is O=[N+]([O-])c1c(Cc2ccc(Br)cc2)ccc2nonc12. The largest absolute Gasteiger partial charge is 0.304 e. The van der Waals surface area contributed by atoms with E-state index in [2.05, 4.69) is 30.9 Å². The molecule has 7 heteroatoms. The summed E-state index contributed by atoms with van der Waals surface area (Å²) in [6.07, 6.45) is 0.451. The van der Waals surface area contributed by atoms with Gasteiger partial charge in [-0.1, -0.05) is 28.1 Å². The Morgan fingerprint density at radius 1 is 1.15 bits per heavy atom. The molecular formula is C13H8BrN3O3. The molecule has 1 aromatic heterocycles. The average molecular weight is 334 g/mol. The summed E-state index contributed by atoms with van der Waals surface area (Å²) in [6.45, 7) is 0. The minimum Gasteiger partial charge on any atom is -0.258 e. The normalized spacial score (nSPS) is 10.8. The zero-order valence-corrected chi connectivity index (χ0v) is 11.7. The molecule has 0 aliphatic heterocycles. The molecule has 0 saturated carbocycles. The van der Waals surface area contributed by atoms with E-state index < -0.39 is 4.92 Å². The number of benzene rings is 2. The fourth-order valence-corrected chi connectivity index (χ4v) is 2.31. The van der Waals surface area contributed by atoms with Crippen molar-refractivity contribution in [2.45, 2.75) is 6.42 Å². The summed E-state index contributed by atoms with van der Waals surface area (Å²) in [7, 11) is 0. The van der Waals surface area contributed by atoms with Crippen LogP contribution in [0.15, 0.2) is 45.5 Å². The Morgan fingerprint density at radius 3 is 2.60 bits per heavy atom. The predicted octanol–water partition coefficient (Wildman–Crippen LogP) is 3.48. The van der Waals surface area contributed by atoms with Gasteiger partial charge in [-0.05, 0) is 40.1 Å². The molecule has 2 aromatic carbocycles. The molecule has 20 heavy (non-hydrogen) atoms. The average Bonchev–Trinajstić information content (AvgIpc) is 2.89. The Bertz CT molecular complexity index is 783. The third kappa shape index (κ3) is 2.27. The molecule has 0 atom stereocenters. The van der Waals surface area contributed by atoms with Crippen molar-refractivity contribution in [3.63, 3.8) is 0 Å². The highest BCUT2D eigenvalue weighted by molar-refractivity contribution is 9.10. The quantitative estimate of drug-likeness (QED) is 0.541. The predicted molar refractivity (Wildman–Crippen MR) is 75.4 cm³/mol. The van der Waals surface area contributed by atoms with E-state index in [1.807, 2.05) is 24.3 Å². The number of hydrogen-bond donors (Lipinski definition) is 0. The lowest BCUT2D eigenvalue weighted by Crippen LogP contribution is -1.98. The van der Waals surface area contributed by atoms with Gasteiger partial charge in [-0.2, -0.15) is 0 Å². The Hall–Kier alpha value is -2.28. The monoisotopic (exact) mass is 333 g/mol. The van der Waals surface area contributed by atoms with E-state index in [9.17, 15) is 10.1 Å². The van der Waals surface area contributed by atoms with E-state index in [4.69, 9.17) is 0 Å². The summed E-state index contributed by atoms with van der Waals surface area (Å²) in [5.41, 5.74) is 2.08. The second kappa shape index (κ2) is 5.01. The van der Waals surface area contributed by atoms with Crippen molar-refractivity contribution in [1.82, 2.24) is 10.3 Å². The van der Waals surface area contributed by atoms with E-state index >= 15 is 0 Å². The number of fused-ring (bicyclic) bond motifs is 1. The van der Waals surface area contributed by atoms with E-state index in [0.717, 1.165) is 10.0 Å². The Balaban J connectivity index is 2.08. The summed E-state index contributed by atoms with van der Waals surface area (Å²) in [6, 6.07) is 11.0. The molecule has 3 aromatic rings. The highest BCUT2D eigenvalue weighted by Gasteiger charge is 2.22. The second-order valence-corrected chi connectivity index (χ2v) is 5.18. The Labute approximate surface area is 121 Å². The van der Waals surface area contributed by atoms with Gasteiger partial charge < -0.3 is 0 Å². The van der Waals surface area contributed by atoms with Crippen molar-refractivity contribution in [3.8, 4) is 0 Å². The van der Waals surface area contributed by atoms with Crippen molar-refractivity contribution in [2.75, 3.05) is 0 Å². The fraction of sp³-hybridized carbons (Fsp3) is 0.0769. The smallest absolute Gasteiger partial charge is 0.258 e. The van der Waals surface area contributed by atoms with Gasteiger partial charge in [-0.25, -0.2) is 4.63 Å². The van der Waals surface area contributed by atoms with E-state index in [-0.39, 0.29) is 11.2 Å². The first kappa shape index (κ1) is 12.7. The van der Waals surface area contributed by atoms with Crippen LogP contribution in [0.2, 0.25) is 0 Å². The topological polar surface area (TPSA) is 82.1 Å². The van der Waals surface area contributed by atoms with Gasteiger partial charge in [0.15, 0.2) is 0 Å². The maximum Gasteiger partial charge on any atom is 0.304 e. The molecule has 0 spiro atoms. The molecule has 0 aliphatic rings. The molecule has 100 valence electrons. The van der Waals surface area contributed by atoms with Gasteiger partial charge in [0.1, 0.15) is 5.52 Å². The van der Waals surface area contributed by atoms with Crippen molar-refractivity contribution >= 4 is 32.7 Å². The lowest BCUT2D eigenvalue weighted by atomic mass is 10.0. The highest BCUT2D eigenvalue weighted by Crippen LogP contribution is 2.29. The van der Waals surface area contributed by atoms with Gasteiger partial charge in [0, 0.05) is 16.5 Å². The molecule has 0 N–H and O–H groups in total. The first-order valence-electron chi connectivity index (χ1n) is 5.78. The molecule has 0 unspecified atom stereocenters. The fourth-order valence-electron chi connectivity index (χ4n) is 2.05. The van der Waals surface area contributed by atoms with Crippen LogP contribution >= 0.6 is 15.9 Å². The molecular weight excluding hydrogens is 326 g/mol. The van der Waals surface area contributed by atoms with Crippen LogP contribution in [-0.4, -0.2) is 15.2 Å². The van der Waals surface area contributed by atoms with Crippen LogP contribution < -0.4 is 0 Å². The second-order valence-electron chi connectivity index (χ2n) is 4.27. The lowest BCUT2D eigenvalue weighted by Gasteiger charge is -2.03. The van der Waals surface area contributed by atoms with Gasteiger partial charge in [-0.3, -0.25) is 10.1 Å². The molecule has 3 rings (SSSR count). The summed E-state index contributed by atoms with van der Waals surface area (Å²) < 4.78 is 5.53. The van der Waals surface area contributed by atoms with Crippen LogP contribution in [0, 0.1) is 10.1 Å². The number of nitro groups is 1. The first-order valence-corrected chi connectivity index (χ1v) is 6.57. The molecule has 1 heterocycles. The molecule has 6 nitrogen and oxygen atoms in total. The van der Waals surface area contributed by atoms with E-state index in [0.29, 0.717) is 17.5 Å². The first-order chi connectivity index (χ1) is 9.65. The number of nitrogens with zero attached hydrogens (tertiary/aromatic N) is 3. The standard InChI is InChI=1S/C13H8BrN3O3/c14-10-4-1-8(2-5-10)7-9-3-6-11-12(16-20-15-11)13(9)17(18)19/h1-6H,7H2. The maximum atomic E-state index is 11.3. The van der Waals surface area contributed by atoms with E-state index in [1.165, 1.54) is 0 Å². The highest BCUT2D eigenvalue weighted by atomic mass is 79.9. The number of halogens is 1. The van der Waals surface area contributed by atoms with Gasteiger partial charge in [0.2, 0.25) is 5.52 Å². The van der Waals surface area contributed by atoms with Crippen LogP contribution in [0.4, 0.5) is 5.69 Å². The van der Waals surface area contributed by atoms with Crippen LogP contribution in [0.3, 0.4) is 0 Å². The summed E-state index contributed by atoms with van der Waals surface area (Å²) in [4.78, 5) is 10.8.